The molecule has 1 aromatic rings. The Morgan fingerprint density at radius 2 is 2.56 bits per heavy atom. The Bertz CT molecular complexity index is 185. The van der Waals surface area contributed by atoms with E-state index in [-0.39, 0.29) is 0 Å². The van der Waals surface area contributed by atoms with Crippen LogP contribution in [0.1, 0.15) is 6.92 Å². The molecule has 0 fully saturated rings. The first-order valence-electron chi connectivity index (χ1n) is 2.90. The van der Waals surface area contributed by atoms with E-state index in [0.29, 0.717) is 0 Å². The van der Waals surface area contributed by atoms with Gasteiger partial charge in [-0.15, -0.1) is 0 Å². The smallest absolute Gasteiger partial charge is 0.430 e. The van der Waals surface area contributed by atoms with E-state index < -0.39 is 0 Å². The molecule has 50 valence electrons. The zero-order chi connectivity index (χ0) is 6.69. The summed E-state index contributed by atoms with van der Waals surface area (Å²) in [5.41, 5.74) is 0. The Morgan fingerprint density at radius 1 is 1.78 bits per heavy atom. The molecule has 0 aliphatic rings. The van der Waals surface area contributed by atoms with Gasteiger partial charge in [-0.25, -0.2) is 0 Å². The first kappa shape index (κ1) is 6.55. The minimum absolute atomic E-state index is 0.744. The lowest BCUT2D eigenvalue weighted by molar-refractivity contribution is -0.672. The number of rotatable bonds is 2. The van der Waals surface area contributed by atoms with Gasteiger partial charge in [0.15, 0.2) is 6.20 Å². The molecule has 1 rings (SSSR count). The topological polar surface area (TPSA) is 13.1 Å². The van der Waals surface area contributed by atoms with E-state index in [0.717, 1.165) is 11.8 Å². The van der Waals surface area contributed by atoms with Crippen molar-refractivity contribution in [3.63, 3.8) is 0 Å². The largest absolute Gasteiger partial charge is 0.436 e. The van der Waals surface area contributed by atoms with Crippen molar-refractivity contribution < 1.29 is 9.30 Å². The second kappa shape index (κ2) is 2.82. The second-order valence-corrected chi connectivity index (χ2v) is 2.57. The molecule has 2 nitrogen and oxygen atoms in total. The summed E-state index contributed by atoms with van der Waals surface area (Å²) >= 11 is 1.61. The van der Waals surface area contributed by atoms with E-state index in [1.807, 2.05) is 30.1 Å². The fourth-order valence-electron chi connectivity index (χ4n) is 0.583. The van der Waals surface area contributed by atoms with Crippen LogP contribution in [-0.2, 0) is 7.05 Å². The highest BCUT2D eigenvalue weighted by Crippen LogP contribution is 2.09. The summed E-state index contributed by atoms with van der Waals surface area (Å²) < 4.78 is 7.22. The molecule has 0 radical (unpaired) electrons. The molecule has 0 amide bonds. The highest BCUT2D eigenvalue weighted by molar-refractivity contribution is 7.10. The van der Waals surface area contributed by atoms with Crippen molar-refractivity contribution in [3.05, 3.63) is 11.6 Å². The standard InChI is InChI=1S/C6H10NOS/c1-3-8-6-7(2)4-5-9-6/h4-5H,3H2,1-2H3/q+1. The summed E-state index contributed by atoms with van der Waals surface area (Å²) in [7, 11) is 1.97. The van der Waals surface area contributed by atoms with Crippen LogP contribution in [0.15, 0.2) is 11.6 Å². The number of aryl methyl sites for hydroxylation is 1. The molecule has 3 heteroatoms. The molecule has 9 heavy (non-hydrogen) atoms. The third-order valence-corrected chi connectivity index (χ3v) is 1.87. The van der Waals surface area contributed by atoms with Crippen molar-refractivity contribution in [2.45, 2.75) is 6.92 Å². The van der Waals surface area contributed by atoms with E-state index in [9.17, 15) is 0 Å². The summed E-state index contributed by atoms with van der Waals surface area (Å²) in [6, 6.07) is 0. The van der Waals surface area contributed by atoms with Crippen LogP contribution in [0.2, 0.25) is 0 Å². The van der Waals surface area contributed by atoms with Crippen LogP contribution >= 0.6 is 11.3 Å². The molecule has 0 aliphatic carbocycles. The molecular weight excluding hydrogens is 134 g/mol. The van der Waals surface area contributed by atoms with E-state index in [1.54, 1.807) is 11.3 Å². The molecule has 0 bridgehead atoms. The molecule has 0 N–H and O–H groups in total. The minimum atomic E-state index is 0.744. The molecule has 0 atom stereocenters. The second-order valence-electron chi connectivity index (χ2n) is 1.71. The van der Waals surface area contributed by atoms with Gasteiger partial charge in [-0.2, -0.15) is 4.57 Å². The number of thiazole rings is 1. The van der Waals surface area contributed by atoms with Crippen LogP contribution in [0.25, 0.3) is 0 Å². The lowest BCUT2D eigenvalue weighted by atomic mass is 10.9. The fraction of sp³-hybridized carbons (Fsp3) is 0.500. The van der Waals surface area contributed by atoms with E-state index in [4.69, 9.17) is 4.74 Å². The SMILES string of the molecule is CCOc1scc[n+]1C. The van der Waals surface area contributed by atoms with Crippen molar-refractivity contribution in [3.8, 4) is 5.19 Å². The molecule has 0 unspecified atom stereocenters. The maximum Gasteiger partial charge on any atom is 0.430 e. The van der Waals surface area contributed by atoms with Crippen LogP contribution in [0.4, 0.5) is 0 Å². The Kier molecular flexibility index (Phi) is 2.05. The van der Waals surface area contributed by atoms with Crippen molar-refractivity contribution in [2.75, 3.05) is 6.61 Å². The monoisotopic (exact) mass is 144 g/mol. The number of hydrogen-bond acceptors (Lipinski definition) is 2. The van der Waals surface area contributed by atoms with E-state index in [1.165, 1.54) is 0 Å². The summed E-state index contributed by atoms with van der Waals surface area (Å²) in [6.07, 6.45) is 1.98. The van der Waals surface area contributed by atoms with Crippen LogP contribution in [0, 0.1) is 0 Å². The van der Waals surface area contributed by atoms with Gasteiger partial charge < -0.3 is 4.74 Å². The van der Waals surface area contributed by atoms with E-state index >= 15 is 0 Å². The van der Waals surface area contributed by atoms with Gasteiger partial charge in [-0.05, 0) is 18.3 Å². The average molecular weight is 144 g/mol. The van der Waals surface area contributed by atoms with Gasteiger partial charge in [-0.3, -0.25) is 0 Å². The Hall–Kier alpha value is -0.570. The molecule has 0 saturated heterocycles. The van der Waals surface area contributed by atoms with Crippen LogP contribution in [0.5, 0.6) is 5.19 Å². The molecule has 0 aliphatic heterocycles. The third-order valence-electron chi connectivity index (χ3n) is 1.01. The van der Waals surface area contributed by atoms with Gasteiger partial charge >= 0.3 is 5.19 Å². The lowest BCUT2D eigenvalue weighted by Gasteiger charge is -1.91. The lowest BCUT2D eigenvalue weighted by Crippen LogP contribution is -2.26. The average Bonchev–Trinajstić information content (AvgIpc) is 2.18. The summed E-state index contributed by atoms with van der Waals surface area (Å²) in [6.45, 7) is 2.73. The van der Waals surface area contributed by atoms with Gasteiger partial charge in [0.05, 0.1) is 12.0 Å². The fourth-order valence-corrected chi connectivity index (χ4v) is 1.36. The normalized spacial score (nSPS) is 9.56. The summed E-state index contributed by atoms with van der Waals surface area (Å²) in [4.78, 5) is 0. The molecule has 1 heterocycles. The molecule has 1 aromatic heterocycles. The predicted octanol–water partition coefficient (Wildman–Crippen LogP) is 0.971. The Balaban J connectivity index is 2.69. The van der Waals surface area contributed by atoms with E-state index in [2.05, 4.69) is 0 Å². The highest BCUT2D eigenvalue weighted by Gasteiger charge is 2.05. The van der Waals surface area contributed by atoms with Crippen LogP contribution in [-0.4, -0.2) is 6.61 Å². The zero-order valence-corrected chi connectivity index (χ0v) is 6.44. The third kappa shape index (κ3) is 1.42. The van der Waals surface area contributed by atoms with Gasteiger partial charge in [-0.1, -0.05) is 0 Å². The molecular formula is C6H10NOS+. The number of aromatic nitrogens is 1. The number of nitrogens with zero attached hydrogens (tertiary/aromatic N) is 1. The van der Waals surface area contributed by atoms with Crippen molar-refractivity contribution in [1.82, 2.24) is 0 Å². The van der Waals surface area contributed by atoms with Gasteiger partial charge in [0.25, 0.3) is 0 Å². The van der Waals surface area contributed by atoms with Gasteiger partial charge in [0.1, 0.15) is 7.05 Å². The predicted molar refractivity (Wildman–Crippen MR) is 36.7 cm³/mol. The maximum absolute atomic E-state index is 5.26. The highest BCUT2D eigenvalue weighted by atomic mass is 32.1. The van der Waals surface area contributed by atoms with Crippen molar-refractivity contribution in [1.29, 1.82) is 0 Å². The van der Waals surface area contributed by atoms with Crippen LogP contribution < -0.4 is 9.30 Å². The number of hydrogen-bond donors (Lipinski definition) is 0. The molecule has 0 spiro atoms. The Morgan fingerprint density at radius 3 is 3.00 bits per heavy atom. The zero-order valence-electron chi connectivity index (χ0n) is 5.63. The molecule has 0 saturated carbocycles. The summed E-state index contributed by atoms with van der Waals surface area (Å²) in [5, 5.41) is 2.97. The first-order valence-corrected chi connectivity index (χ1v) is 3.78. The first-order chi connectivity index (χ1) is 4.34. The van der Waals surface area contributed by atoms with Crippen molar-refractivity contribution in [2.24, 2.45) is 7.05 Å². The van der Waals surface area contributed by atoms with Crippen LogP contribution in [0.3, 0.4) is 0 Å². The maximum atomic E-state index is 5.26. The van der Waals surface area contributed by atoms with Gasteiger partial charge in [0.2, 0.25) is 0 Å². The quantitative estimate of drug-likeness (QED) is 0.564. The summed E-state index contributed by atoms with van der Waals surface area (Å²) in [5.74, 6) is 0. The molecule has 0 aromatic carbocycles. The Labute approximate surface area is 58.7 Å². The number of ether oxygens (including phenoxy) is 1. The minimum Gasteiger partial charge on any atom is -0.436 e. The van der Waals surface area contributed by atoms with Gasteiger partial charge in [0, 0.05) is 0 Å². The van der Waals surface area contributed by atoms with Crippen molar-refractivity contribution >= 4 is 11.3 Å².